The van der Waals surface area contributed by atoms with Crippen molar-refractivity contribution in [1.82, 2.24) is 0 Å². The van der Waals surface area contributed by atoms with E-state index in [0.29, 0.717) is 26.2 Å². The Kier molecular flexibility index (Phi) is 7.61. The number of benzene rings is 2. The number of halogens is 2. The summed E-state index contributed by atoms with van der Waals surface area (Å²) in [6.45, 7) is 1.89. The fourth-order valence-electron chi connectivity index (χ4n) is 2.24. The van der Waals surface area contributed by atoms with Crippen molar-refractivity contribution in [2.24, 2.45) is 0 Å². The van der Waals surface area contributed by atoms with Crippen LogP contribution in [0, 0.1) is 20.7 Å². The molecule has 0 aromatic heterocycles. The Balaban J connectivity index is 2.30. The van der Waals surface area contributed by atoms with Gasteiger partial charge in [-0.2, -0.15) is 5.26 Å². The molecular weight excluding hydrogens is 464 g/mol. The molecule has 0 aliphatic carbocycles. The van der Waals surface area contributed by atoms with Gasteiger partial charge in [0.05, 0.1) is 17.3 Å². The van der Waals surface area contributed by atoms with E-state index in [0.717, 1.165) is 0 Å². The second-order valence-corrected chi connectivity index (χ2v) is 6.47. The lowest BCUT2D eigenvalue weighted by Gasteiger charge is -2.14. The molecule has 2 rings (SSSR count). The van der Waals surface area contributed by atoms with Gasteiger partial charge in [0, 0.05) is 5.56 Å². The van der Waals surface area contributed by atoms with Gasteiger partial charge in [-0.25, -0.2) is 9.18 Å². The average molecular weight is 481 g/mol. The third kappa shape index (κ3) is 5.44. The van der Waals surface area contributed by atoms with Gasteiger partial charge < -0.3 is 14.2 Å². The Morgan fingerprint density at radius 2 is 2.07 bits per heavy atom. The minimum absolute atomic E-state index is 0.0422. The summed E-state index contributed by atoms with van der Waals surface area (Å²) in [5.74, 6) is -0.174. The average Bonchev–Trinajstić information content (AvgIpc) is 2.66. The molecule has 0 saturated heterocycles. The third-order valence-electron chi connectivity index (χ3n) is 3.51. The zero-order valence-corrected chi connectivity index (χ0v) is 16.9. The molecule has 27 heavy (non-hydrogen) atoms. The van der Waals surface area contributed by atoms with Crippen LogP contribution in [0.25, 0.3) is 6.08 Å². The fraction of sp³-hybridized carbons (Fsp3) is 0.200. The van der Waals surface area contributed by atoms with Crippen LogP contribution >= 0.6 is 22.6 Å². The highest BCUT2D eigenvalue weighted by atomic mass is 127. The van der Waals surface area contributed by atoms with E-state index in [1.165, 1.54) is 19.3 Å². The summed E-state index contributed by atoms with van der Waals surface area (Å²) in [5, 5.41) is 9.16. The van der Waals surface area contributed by atoms with E-state index in [2.05, 4.69) is 22.6 Å². The zero-order valence-electron chi connectivity index (χ0n) is 14.8. The smallest absolute Gasteiger partial charge is 0.348 e. The van der Waals surface area contributed by atoms with Crippen LogP contribution in [0.15, 0.2) is 42.0 Å². The number of ether oxygens (including phenoxy) is 3. The van der Waals surface area contributed by atoms with Gasteiger partial charge in [0.1, 0.15) is 24.1 Å². The van der Waals surface area contributed by atoms with Crippen molar-refractivity contribution in [1.29, 1.82) is 5.26 Å². The largest absolute Gasteiger partial charge is 0.493 e. The number of nitrogens with zero attached hydrogens (tertiary/aromatic N) is 1. The molecule has 0 heterocycles. The number of methoxy groups -OCH3 is 1. The molecule has 5 nitrogen and oxygen atoms in total. The molecule has 0 bridgehead atoms. The summed E-state index contributed by atoms with van der Waals surface area (Å²) in [6.07, 6.45) is 1.42. The summed E-state index contributed by atoms with van der Waals surface area (Å²) < 4.78 is 30.4. The summed E-state index contributed by atoms with van der Waals surface area (Å²) in [5.41, 5.74) is 0.891. The predicted molar refractivity (Wildman–Crippen MR) is 107 cm³/mol. The monoisotopic (exact) mass is 481 g/mol. The minimum Gasteiger partial charge on any atom is -0.493 e. The molecule has 0 amide bonds. The first kappa shape index (κ1) is 20.7. The molecule has 0 fully saturated rings. The molecule has 2 aromatic carbocycles. The van der Waals surface area contributed by atoms with Gasteiger partial charge in [0.25, 0.3) is 0 Å². The maximum absolute atomic E-state index is 13.8. The maximum Gasteiger partial charge on any atom is 0.348 e. The molecule has 2 aromatic rings. The topological polar surface area (TPSA) is 68.6 Å². The van der Waals surface area contributed by atoms with Crippen LogP contribution in [-0.4, -0.2) is 19.7 Å². The molecule has 0 unspecified atom stereocenters. The molecule has 0 aliphatic heterocycles. The van der Waals surface area contributed by atoms with Crippen molar-refractivity contribution < 1.29 is 23.4 Å². The Labute approximate surface area is 170 Å². The Hall–Kier alpha value is -2.60. The lowest BCUT2D eigenvalue weighted by molar-refractivity contribution is -0.137. The standard InChI is InChI=1S/C20H17FINO4/c1-3-26-20(24)15(11-23)8-13-9-17(22)19(18(10-13)25-2)27-12-14-6-4-5-7-16(14)21/h4-10H,3,12H2,1-2H3. The molecule has 0 saturated carbocycles. The van der Waals surface area contributed by atoms with E-state index < -0.39 is 5.97 Å². The molecule has 0 spiro atoms. The summed E-state index contributed by atoms with van der Waals surface area (Å²) in [4.78, 5) is 11.8. The minimum atomic E-state index is -0.686. The van der Waals surface area contributed by atoms with Crippen molar-refractivity contribution >= 4 is 34.6 Å². The van der Waals surface area contributed by atoms with Gasteiger partial charge in [-0.15, -0.1) is 0 Å². The van der Waals surface area contributed by atoms with Crippen molar-refractivity contribution in [3.05, 3.63) is 62.5 Å². The SMILES string of the molecule is CCOC(=O)C(C#N)=Cc1cc(I)c(OCc2ccccc2F)c(OC)c1. The van der Waals surface area contributed by atoms with Crippen molar-refractivity contribution in [2.75, 3.05) is 13.7 Å². The predicted octanol–water partition coefficient (Wildman–Crippen LogP) is 4.49. The molecular formula is C20H17FINO4. The number of nitriles is 1. The number of esters is 1. The van der Waals surface area contributed by atoms with E-state index in [9.17, 15) is 9.18 Å². The summed E-state index contributed by atoms with van der Waals surface area (Å²) in [6, 6.07) is 11.6. The number of hydrogen-bond donors (Lipinski definition) is 0. The van der Waals surface area contributed by atoms with Crippen LogP contribution in [0.5, 0.6) is 11.5 Å². The van der Waals surface area contributed by atoms with E-state index >= 15 is 0 Å². The van der Waals surface area contributed by atoms with E-state index in [-0.39, 0.29) is 24.6 Å². The van der Waals surface area contributed by atoms with Gasteiger partial charge in [0.2, 0.25) is 0 Å². The first-order chi connectivity index (χ1) is 13.0. The normalized spacial score (nSPS) is 10.9. The van der Waals surface area contributed by atoms with Gasteiger partial charge in [0.15, 0.2) is 11.5 Å². The third-order valence-corrected chi connectivity index (χ3v) is 4.31. The van der Waals surface area contributed by atoms with Crippen LogP contribution in [0.3, 0.4) is 0 Å². The lowest BCUT2D eigenvalue weighted by Crippen LogP contribution is -2.06. The second-order valence-electron chi connectivity index (χ2n) is 5.30. The van der Waals surface area contributed by atoms with E-state index in [1.54, 1.807) is 37.3 Å². The van der Waals surface area contributed by atoms with Crippen LogP contribution in [-0.2, 0) is 16.1 Å². The van der Waals surface area contributed by atoms with Crippen molar-refractivity contribution in [3.63, 3.8) is 0 Å². The van der Waals surface area contributed by atoms with Crippen LogP contribution in [0.1, 0.15) is 18.1 Å². The number of hydrogen-bond acceptors (Lipinski definition) is 5. The van der Waals surface area contributed by atoms with Crippen LogP contribution in [0.4, 0.5) is 4.39 Å². The highest BCUT2D eigenvalue weighted by Gasteiger charge is 2.15. The molecule has 0 atom stereocenters. The molecule has 0 radical (unpaired) electrons. The number of carbonyl (C=O) groups is 1. The fourth-order valence-corrected chi connectivity index (χ4v) is 3.02. The first-order valence-electron chi connectivity index (χ1n) is 8.02. The molecule has 7 heteroatoms. The lowest BCUT2D eigenvalue weighted by atomic mass is 10.1. The van der Waals surface area contributed by atoms with Gasteiger partial charge >= 0.3 is 5.97 Å². The summed E-state index contributed by atoms with van der Waals surface area (Å²) >= 11 is 2.05. The first-order valence-corrected chi connectivity index (χ1v) is 9.10. The number of rotatable bonds is 7. The maximum atomic E-state index is 13.8. The highest BCUT2D eigenvalue weighted by Crippen LogP contribution is 2.35. The zero-order chi connectivity index (χ0) is 19.8. The Morgan fingerprint density at radius 3 is 2.70 bits per heavy atom. The summed E-state index contributed by atoms with van der Waals surface area (Å²) in [7, 11) is 1.48. The van der Waals surface area contributed by atoms with Gasteiger partial charge in [-0.1, -0.05) is 18.2 Å². The number of carbonyl (C=O) groups excluding carboxylic acids is 1. The Bertz CT molecular complexity index is 905. The van der Waals surface area contributed by atoms with E-state index in [4.69, 9.17) is 19.5 Å². The van der Waals surface area contributed by atoms with Gasteiger partial charge in [-0.05, 0) is 59.4 Å². The van der Waals surface area contributed by atoms with Crippen LogP contribution in [0.2, 0.25) is 0 Å². The quantitative estimate of drug-likeness (QED) is 0.253. The van der Waals surface area contributed by atoms with Crippen molar-refractivity contribution in [2.45, 2.75) is 13.5 Å². The molecule has 140 valence electrons. The highest BCUT2D eigenvalue weighted by molar-refractivity contribution is 14.1. The van der Waals surface area contributed by atoms with Crippen LogP contribution < -0.4 is 9.47 Å². The van der Waals surface area contributed by atoms with E-state index in [1.807, 2.05) is 6.07 Å². The Morgan fingerprint density at radius 1 is 1.33 bits per heavy atom. The molecule has 0 N–H and O–H groups in total. The molecule has 0 aliphatic rings. The second kappa shape index (κ2) is 9.92. The van der Waals surface area contributed by atoms with Crippen molar-refractivity contribution in [3.8, 4) is 17.6 Å². The van der Waals surface area contributed by atoms with Gasteiger partial charge in [-0.3, -0.25) is 0 Å².